The average Bonchev–Trinajstić information content (AvgIpc) is 2.73. The lowest BCUT2D eigenvalue weighted by Gasteiger charge is -2.29. The molecule has 2 aromatic rings. The molecule has 0 bridgehead atoms. The first-order valence-corrected chi connectivity index (χ1v) is 6.38. The molecule has 5 nitrogen and oxygen atoms in total. The van der Waals surface area contributed by atoms with E-state index in [1.54, 1.807) is 10.6 Å². The molecule has 0 aliphatic rings. The minimum atomic E-state index is 0.183. The predicted molar refractivity (Wildman–Crippen MR) is 72.9 cm³/mol. The second kappa shape index (κ2) is 4.72. The number of fused-ring (bicyclic) bond motifs is 1. The van der Waals surface area contributed by atoms with Gasteiger partial charge in [0.15, 0.2) is 0 Å². The summed E-state index contributed by atoms with van der Waals surface area (Å²) >= 11 is 5.96. The molecule has 0 spiro atoms. The van der Waals surface area contributed by atoms with Gasteiger partial charge in [-0.3, -0.25) is 0 Å². The molecule has 2 rings (SSSR count). The topological polar surface area (TPSA) is 55.1 Å². The van der Waals surface area contributed by atoms with Crippen molar-refractivity contribution in [2.45, 2.75) is 27.7 Å². The molecule has 0 fully saturated rings. The molecule has 2 heterocycles. The Kier molecular flexibility index (Phi) is 3.43. The van der Waals surface area contributed by atoms with E-state index < -0.39 is 0 Å². The van der Waals surface area contributed by atoms with Crippen molar-refractivity contribution in [1.82, 2.24) is 19.6 Å². The van der Waals surface area contributed by atoms with Gasteiger partial charge in [0.1, 0.15) is 17.3 Å². The number of anilines is 1. The fourth-order valence-electron chi connectivity index (χ4n) is 1.43. The molecule has 0 amide bonds. The van der Waals surface area contributed by atoms with Crippen LogP contribution in [0, 0.1) is 11.3 Å². The average molecular weight is 268 g/mol. The van der Waals surface area contributed by atoms with E-state index >= 15 is 0 Å². The maximum atomic E-state index is 5.96. The molecule has 6 heteroatoms. The number of nitrogens with one attached hydrogen (secondary N) is 1. The molecular formula is C12H18ClN5. The van der Waals surface area contributed by atoms with Crippen molar-refractivity contribution in [2.24, 2.45) is 11.3 Å². The first kappa shape index (κ1) is 13.1. The van der Waals surface area contributed by atoms with Crippen LogP contribution in [-0.2, 0) is 0 Å². The van der Waals surface area contributed by atoms with E-state index in [-0.39, 0.29) is 5.41 Å². The maximum Gasteiger partial charge on any atom is 0.255 e. The summed E-state index contributed by atoms with van der Waals surface area (Å²) in [4.78, 5) is 8.13. The minimum absolute atomic E-state index is 0.183. The fraction of sp³-hybridized carbons (Fsp3) is 0.583. The number of halogens is 1. The van der Waals surface area contributed by atoms with Crippen LogP contribution in [0.4, 0.5) is 5.82 Å². The van der Waals surface area contributed by atoms with Gasteiger partial charge in [-0.15, -0.1) is 0 Å². The normalized spacial score (nSPS) is 12.3. The van der Waals surface area contributed by atoms with Crippen LogP contribution in [0.15, 0.2) is 12.4 Å². The lowest BCUT2D eigenvalue weighted by Crippen LogP contribution is -2.29. The Balaban J connectivity index is 2.24. The Morgan fingerprint density at radius 3 is 2.83 bits per heavy atom. The Bertz CT molecular complexity index is 546. The first-order chi connectivity index (χ1) is 8.40. The highest BCUT2D eigenvalue weighted by molar-refractivity contribution is 6.29. The molecule has 0 aliphatic heterocycles. The van der Waals surface area contributed by atoms with E-state index in [0.717, 1.165) is 12.4 Å². The molecule has 0 saturated heterocycles. The van der Waals surface area contributed by atoms with Crippen LogP contribution in [0.5, 0.6) is 0 Å². The third kappa shape index (κ3) is 2.56. The highest BCUT2D eigenvalue weighted by Gasteiger charge is 2.22. The smallest absolute Gasteiger partial charge is 0.255 e. The van der Waals surface area contributed by atoms with Gasteiger partial charge in [-0.2, -0.15) is 19.6 Å². The Morgan fingerprint density at radius 1 is 1.44 bits per heavy atom. The van der Waals surface area contributed by atoms with E-state index in [0.29, 0.717) is 16.8 Å². The van der Waals surface area contributed by atoms with Crippen LogP contribution < -0.4 is 5.32 Å². The largest absolute Gasteiger partial charge is 0.369 e. The quantitative estimate of drug-likeness (QED) is 0.866. The van der Waals surface area contributed by atoms with Gasteiger partial charge in [-0.05, 0) is 11.3 Å². The van der Waals surface area contributed by atoms with Gasteiger partial charge in [-0.25, -0.2) is 0 Å². The van der Waals surface area contributed by atoms with E-state index in [1.807, 2.05) is 0 Å². The number of nitrogens with zero attached hydrogens (tertiary/aromatic N) is 4. The van der Waals surface area contributed by atoms with Gasteiger partial charge in [0.2, 0.25) is 0 Å². The van der Waals surface area contributed by atoms with Gasteiger partial charge in [-0.1, -0.05) is 39.3 Å². The van der Waals surface area contributed by atoms with Crippen molar-refractivity contribution in [2.75, 3.05) is 11.9 Å². The number of aromatic nitrogens is 4. The Morgan fingerprint density at radius 2 is 2.17 bits per heavy atom. The standard InChI is InChI=1S/C12H18ClN5/c1-8(2)12(3,4)6-14-10-5-9(13)17-11-15-7-16-18(10)11/h5,7-8,14H,6H2,1-4H3. The molecule has 98 valence electrons. The predicted octanol–water partition coefficient (Wildman–Crippen LogP) is 2.87. The number of hydrogen-bond donors (Lipinski definition) is 1. The highest BCUT2D eigenvalue weighted by atomic mass is 35.5. The van der Waals surface area contributed by atoms with Gasteiger partial charge < -0.3 is 5.32 Å². The van der Waals surface area contributed by atoms with Crippen LogP contribution in [-0.4, -0.2) is 26.1 Å². The Hall–Kier alpha value is -1.36. The first-order valence-electron chi connectivity index (χ1n) is 6.00. The van der Waals surface area contributed by atoms with Crippen molar-refractivity contribution in [1.29, 1.82) is 0 Å². The second-order valence-corrected chi connectivity index (χ2v) is 5.82. The summed E-state index contributed by atoms with van der Waals surface area (Å²) in [6, 6.07) is 1.76. The molecule has 0 unspecified atom stereocenters. The summed E-state index contributed by atoms with van der Waals surface area (Å²) in [5.74, 6) is 1.90. The van der Waals surface area contributed by atoms with Crippen molar-refractivity contribution < 1.29 is 0 Å². The SMILES string of the molecule is CC(C)C(C)(C)CNc1cc(Cl)nc2ncnn12. The van der Waals surface area contributed by atoms with Crippen molar-refractivity contribution in [3.8, 4) is 0 Å². The second-order valence-electron chi connectivity index (χ2n) is 5.43. The zero-order valence-corrected chi connectivity index (χ0v) is 11.9. The zero-order valence-electron chi connectivity index (χ0n) is 11.1. The molecule has 0 radical (unpaired) electrons. The number of rotatable bonds is 4. The third-order valence-electron chi connectivity index (χ3n) is 3.51. The van der Waals surface area contributed by atoms with E-state index in [4.69, 9.17) is 11.6 Å². The summed E-state index contributed by atoms with van der Waals surface area (Å²) in [5, 5.41) is 7.92. The molecule has 1 N–H and O–H groups in total. The van der Waals surface area contributed by atoms with E-state index in [1.165, 1.54) is 6.33 Å². The van der Waals surface area contributed by atoms with Crippen molar-refractivity contribution in [3.05, 3.63) is 17.5 Å². The van der Waals surface area contributed by atoms with Crippen LogP contribution in [0.3, 0.4) is 0 Å². The summed E-state index contributed by atoms with van der Waals surface area (Å²) in [7, 11) is 0. The lowest BCUT2D eigenvalue weighted by molar-refractivity contribution is 0.269. The van der Waals surface area contributed by atoms with Gasteiger partial charge in [0, 0.05) is 12.6 Å². The molecule has 2 aromatic heterocycles. The van der Waals surface area contributed by atoms with E-state index in [9.17, 15) is 0 Å². The molecular weight excluding hydrogens is 250 g/mol. The van der Waals surface area contributed by atoms with Crippen molar-refractivity contribution >= 4 is 23.2 Å². The summed E-state index contributed by atoms with van der Waals surface area (Å²) < 4.78 is 1.66. The fourth-order valence-corrected chi connectivity index (χ4v) is 1.61. The van der Waals surface area contributed by atoms with Crippen LogP contribution >= 0.6 is 11.6 Å². The zero-order chi connectivity index (χ0) is 13.3. The summed E-state index contributed by atoms with van der Waals surface area (Å²) in [5.41, 5.74) is 0.183. The van der Waals surface area contributed by atoms with Crippen LogP contribution in [0.1, 0.15) is 27.7 Å². The monoisotopic (exact) mass is 267 g/mol. The molecule has 0 aromatic carbocycles. The molecule has 0 atom stereocenters. The molecule has 0 saturated carbocycles. The molecule has 18 heavy (non-hydrogen) atoms. The minimum Gasteiger partial charge on any atom is -0.369 e. The van der Waals surface area contributed by atoms with Gasteiger partial charge in [0.05, 0.1) is 0 Å². The van der Waals surface area contributed by atoms with Crippen molar-refractivity contribution in [3.63, 3.8) is 0 Å². The van der Waals surface area contributed by atoms with Crippen LogP contribution in [0.2, 0.25) is 5.15 Å². The maximum absolute atomic E-state index is 5.96. The summed E-state index contributed by atoms with van der Waals surface area (Å²) in [6.45, 7) is 9.72. The lowest BCUT2D eigenvalue weighted by atomic mass is 9.81. The van der Waals surface area contributed by atoms with Crippen LogP contribution in [0.25, 0.3) is 5.78 Å². The molecule has 0 aliphatic carbocycles. The van der Waals surface area contributed by atoms with E-state index in [2.05, 4.69) is 48.1 Å². The van der Waals surface area contributed by atoms with Gasteiger partial charge in [0.25, 0.3) is 5.78 Å². The summed E-state index contributed by atoms with van der Waals surface area (Å²) in [6.07, 6.45) is 1.47. The van der Waals surface area contributed by atoms with Gasteiger partial charge >= 0.3 is 0 Å². The third-order valence-corrected chi connectivity index (χ3v) is 3.70. The Labute approximate surface area is 112 Å². The number of hydrogen-bond acceptors (Lipinski definition) is 4. The highest BCUT2D eigenvalue weighted by Crippen LogP contribution is 2.26.